The number of unbranched alkanes of at least 4 members (excludes halogenated alkanes) is 2. The van der Waals surface area contributed by atoms with Crippen LogP contribution in [0.5, 0.6) is 5.75 Å². The Balaban J connectivity index is 1.90. The molecule has 2 N–H and O–H groups in total. The van der Waals surface area contributed by atoms with Gasteiger partial charge in [0, 0.05) is 12.0 Å². The van der Waals surface area contributed by atoms with E-state index in [-0.39, 0.29) is 19.6 Å². The number of nitrogens with one attached hydrogen (secondary N) is 1. The second kappa shape index (κ2) is 13.2. The molecule has 1 fully saturated rings. The average Bonchev–Trinajstić information content (AvgIpc) is 3.32. The van der Waals surface area contributed by atoms with E-state index < -0.39 is 41.1 Å². The van der Waals surface area contributed by atoms with Crippen LogP contribution in [-0.2, 0) is 24.7 Å². The summed E-state index contributed by atoms with van der Waals surface area (Å²) in [6.07, 6.45) is 5.04. The summed E-state index contributed by atoms with van der Waals surface area (Å²) in [4.78, 5) is 40.7. The second-order valence-corrected chi connectivity index (χ2v) is 11.5. The quantitative estimate of drug-likeness (QED) is 0.225. The van der Waals surface area contributed by atoms with Crippen molar-refractivity contribution in [3.05, 3.63) is 60.7 Å². The summed E-state index contributed by atoms with van der Waals surface area (Å²) in [6.45, 7) is 13.0. The van der Waals surface area contributed by atoms with Crippen molar-refractivity contribution < 1.29 is 33.7 Å². The predicted molar refractivity (Wildman–Crippen MR) is 158 cm³/mol. The maximum absolute atomic E-state index is 14.0. The highest BCUT2D eigenvalue weighted by atomic mass is 16.5. The van der Waals surface area contributed by atoms with E-state index >= 15 is 0 Å². The lowest BCUT2D eigenvalue weighted by atomic mass is 9.85. The summed E-state index contributed by atoms with van der Waals surface area (Å²) in [7, 11) is 2.83. The number of hydrogen-bond acceptors (Lipinski definition) is 7. The number of hydrogen-bond donors (Lipinski definition) is 2. The van der Waals surface area contributed by atoms with Gasteiger partial charge in [-0.2, -0.15) is 0 Å². The molecule has 3 rings (SSSR count). The van der Waals surface area contributed by atoms with E-state index in [1.54, 1.807) is 25.3 Å². The number of carbonyl (C=O) groups is 3. The van der Waals surface area contributed by atoms with E-state index in [0.717, 1.165) is 29.2 Å². The molecular formula is C32H42N2O7. The fourth-order valence-corrected chi connectivity index (χ4v) is 5.12. The second-order valence-electron chi connectivity index (χ2n) is 11.5. The number of methoxy groups -OCH3 is 2. The van der Waals surface area contributed by atoms with Crippen molar-refractivity contribution in [2.24, 2.45) is 5.41 Å². The number of allylic oxidation sites excluding steroid dienone is 1. The average molecular weight is 567 g/mol. The van der Waals surface area contributed by atoms with Crippen LogP contribution in [0.2, 0.25) is 0 Å². The molecule has 0 aliphatic carbocycles. The van der Waals surface area contributed by atoms with Crippen LogP contribution in [0.15, 0.2) is 49.6 Å². The molecule has 9 heteroatoms. The molecule has 0 radical (unpaired) electrons. The Morgan fingerprint density at radius 2 is 1.88 bits per heavy atom. The number of ether oxygens (including phenoxy) is 3. The van der Waals surface area contributed by atoms with Gasteiger partial charge >= 0.3 is 12.1 Å². The lowest BCUT2D eigenvalue weighted by molar-refractivity contribution is -0.152. The maximum atomic E-state index is 14.0. The zero-order valence-electron chi connectivity index (χ0n) is 24.7. The van der Waals surface area contributed by atoms with Crippen molar-refractivity contribution in [2.45, 2.75) is 64.1 Å². The highest BCUT2D eigenvalue weighted by Crippen LogP contribution is 2.39. The first-order valence-electron chi connectivity index (χ1n) is 13.8. The minimum Gasteiger partial charge on any atom is -0.496 e. The Morgan fingerprint density at radius 1 is 1.15 bits per heavy atom. The van der Waals surface area contributed by atoms with Gasteiger partial charge in [-0.15, -0.1) is 6.58 Å². The molecule has 0 bridgehead atoms. The van der Waals surface area contributed by atoms with E-state index in [1.807, 2.05) is 45.0 Å². The normalized spacial score (nSPS) is 19.4. The number of benzene rings is 2. The zero-order chi connectivity index (χ0) is 30.4. The van der Waals surface area contributed by atoms with Gasteiger partial charge in [-0.1, -0.05) is 51.6 Å². The van der Waals surface area contributed by atoms with E-state index in [4.69, 9.17) is 14.2 Å². The van der Waals surface area contributed by atoms with Crippen LogP contribution >= 0.6 is 0 Å². The van der Waals surface area contributed by atoms with Crippen LogP contribution in [0.25, 0.3) is 16.8 Å². The molecule has 3 atom stereocenters. The van der Waals surface area contributed by atoms with Gasteiger partial charge in [0.15, 0.2) is 0 Å². The lowest BCUT2D eigenvalue weighted by Crippen LogP contribution is -2.57. The van der Waals surface area contributed by atoms with Crippen molar-refractivity contribution in [1.29, 1.82) is 0 Å². The van der Waals surface area contributed by atoms with Crippen molar-refractivity contribution in [1.82, 2.24) is 10.2 Å². The molecule has 0 aromatic heterocycles. The zero-order valence-corrected chi connectivity index (χ0v) is 24.7. The molecule has 1 heterocycles. The van der Waals surface area contributed by atoms with Gasteiger partial charge in [0.1, 0.15) is 23.4 Å². The smallest absolute Gasteiger partial charge is 0.407 e. The Labute approximate surface area is 242 Å². The Kier molecular flexibility index (Phi) is 10.2. The molecule has 0 spiro atoms. The van der Waals surface area contributed by atoms with Gasteiger partial charge in [0.05, 0.1) is 27.4 Å². The number of rotatable bonds is 11. The van der Waals surface area contributed by atoms with Gasteiger partial charge in [-0.05, 0) is 59.2 Å². The topological polar surface area (TPSA) is 114 Å². The van der Waals surface area contributed by atoms with E-state index in [0.29, 0.717) is 17.7 Å². The van der Waals surface area contributed by atoms with Crippen LogP contribution < -0.4 is 10.1 Å². The van der Waals surface area contributed by atoms with Crippen molar-refractivity contribution in [3.8, 4) is 5.75 Å². The third-order valence-corrected chi connectivity index (χ3v) is 7.45. The van der Waals surface area contributed by atoms with Crippen LogP contribution in [0, 0.1) is 5.41 Å². The Bertz CT molecular complexity index is 1300. The summed E-state index contributed by atoms with van der Waals surface area (Å²) in [5, 5.41) is 16.3. The SMILES string of the molecule is C=CCCCCOC(=O)NC(C(=O)N1C[C@](O)(c2ccc3cc(OC)c(C=C)cc3c2)C[C@H]1C(=O)OC)C(C)(C)C. The third-order valence-electron chi connectivity index (χ3n) is 7.45. The summed E-state index contributed by atoms with van der Waals surface area (Å²) < 4.78 is 15.8. The van der Waals surface area contributed by atoms with Crippen LogP contribution in [-0.4, -0.2) is 67.4 Å². The summed E-state index contributed by atoms with van der Waals surface area (Å²) in [6, 6.07) is 7.21. The first-order valence-corrected chi connectivity index (χ1v) is 13.8. The lowest BCUT2D eigenvalue weighted by Gasteiger charge is -2.35. The number of nitrogens with zero attached hydrogens (tertiary/aromatic N) is 1. The van der Waals surface area contributed by atoms with E-state index in [1.165, 1.54) is 12.0 Å². The molecule has 222 valence electrons. The maximum Gasteiger partial charge on any atom is 0.407 e. The Morgan fingerprint density at radius 3 is 2.49 bits per heavy atom. The number of carbonyl (C=O) groups excluding carboxylic acids is 3. The van der Waals surface area contributed by atoms with E-state index in [9.17, 15) is 19.5 Å². The number of amides is 2. The largest absolute Gasteiger partial charge is 0.496 e. The van der Waals surface area contributed by atoms with Crippen LogP contribution in [0.3, 0.4) is 0 Å². The fraction of sp³-hybridized carbons (Fsp3) is 0.469. The van der Waals surface area contributed by atoms with Crippen molar-refractivity contribution in [2.75, 3.05) is 27.4 Å². The van der Waals surface area contributed by atoms with Gasteiger partial charge in [-0.25, -0.2) is 9.59 Å². The minimum atomic E-state index is -1.54. The van der Waals surface area contributed by atoms with Crippen LogP contribution in [0.1, 0.15) is 57.6 Å². The summed E-state index contributed by atoms with van der Waals surface area (Å²) in [5.74, 6) is -0.475. The number of alkyl carbamates (subject to hydrolysis) is 1. The molecule has 2 amide bonds. The molecule has 1 unspecified atom stereocenters. The number of fused-ring (bicyclic) bond motifs is 1. The first kappa shape index (κ1) is 31.7. The highest BCUT2D eigenvalue weighted by molar-refractivity contribution is 5.92. The number of likely N-dealkylation sites (tertiary alicyclic amines) is 1. The van der Waals surface area contributed by atoms with Crippen LogP contribution in [0.4, 0.5) is 4.79 Å². The molecule has 9 nitrogen and oxygen atoms in total. The molecule has 2 aromatic carbocycles. The minimum absolute atomic E-state index is 0.0635. The van der Waals surface area contributed by atoms with Gasteiger partial charge in [0.25, 0.3) is 0 Å². The molecule has 1 aliphatic heterocycles. The molecule has 1 aliphatic rings. The standard InChI is InChI=1S/C32H42N2O7/c1-8-10-11-12-15-41-30(37)33-27(31(3,4)5)28(35)34-20-32(38,19-25(34)29(36)40-7)24-14-13-22-18-26(39-6)21(9-2)16-23(22)17-24/h8-9,13-14,16-18,25,27,38H,1-2,10-12,15,19-20H2,3-7H3,(H,33,37)/t25-,27?,32-/m0/s1. The first-order chi connectivity index (χ1) is 19.4. The number of aliphatic hydroxyl groups is 1. The molecule has 41 heavy (non-hydrogen) atoms. The monoisotopic (exact) mass is 566 g/mol. The van der Waals surface area contributed by atoms with Gasteiger partial charge in [0.2, 0.25) is 5.91 Å². The van der Waals surface area contributed by atoms with Crippen molar-refractivity contribution >= 4 is 34.8 Å². The number of esters is 1. The molecule has 2 aromatic rings. The third kappa shape index (κ3) is 7.27. The van der Waals surface area contributed by atoms with E-state index in [2.05, 4.69) is 18.5 Å². The number of β-amino-alcohol motifs (C(OH)–C–C–N with tert-alkyl or cyclic N) is 1. The summed E-state index contributed by atoms with van der Waals surface area (Å²) in [5.41, 5.74) is -0.908. The molecule has 0 saturated carbocycles. The predicted octanol–water partition coefficient (Wildman–Crippen LogP) is 4.95. The van der Waals surface area contributed by atoms with Gasteiger partial charge in [-0.3, -0.25) is 4.79 Å². The highest BCUT2D eigenvalue weighted by Gasteiger charge is 2.52. The van der Waals surface area contributed by atoms with Crippen molar-refractivity contribution in [3.63, 3.8) is 0 Å². The molecule has 1 saturated heterocycles. The molecular weight excluding hydrogens is 524 g/mol. The fourth-order valence-electron chi connectivity index (χ4n) is 5.12. The summed E-state index contributed by atoms with van der Waals surface area (Å²) >= 11 is 0. The Hall–Kier alpha value is -3.85. The van der Waals surface area contributed by atoms with Gasteiger partial charge < -0.3 is 29.5 Å².